The van der Waals surface area contributed by atoms with Crippen molar-refractivity contribution in [2.75, 3.05) is 0 Å². The highest BCUT2D eigenvalue weighted by atomic mass is 15.3. The molecule has 4 aliphatic rings. The van der Waals surface area contributed by atoms with E-state index in [0.29, 0.717) is 11.1 Å². The Morgan fingerprint density at radius 1 is 0.500 bits per heavy atom. The molecule has 2 heteroatoms. The molecule has 0 aromatic carbocycles. The molecule has 2 unspecified atom stereocenters. The number of hydrogen-bond donors (Lipinski definition) is 0. The van der Waals surface area contributed by atoms with Crippen LogP contribution in [-0.2, 0) is 0 Å². The molecule has 2 aliphatic carbocycles. The first-order chi connectivity index (χ1) is 14.1. The largest absolute Gasteiger partial charge is 0.292 e. The van der Waals surface area contributed by atoms with Crippen LogP contribution in [0.4, 0.5) is 0 Å². The summed E-state index contributed by atoms with van der Waals surface area (Å²) in [5.41, 5.74) is 1.34. The topological polar surface area (TPSA) is 6.48 Å². The van der Waals surface area contributed by atoms with E-state index in [4.69, 9.17) is 0 Å². The minimum Gasteiger partial charge on any atom is -0.292 e. The molecule has 4 rings (SSSR count). The molecule has 2 saturated heterocycles. The molecule has 2 spiro atoms. The first kappa shape index (κ1) is 28.0. The third kappa shape index (κ3) is 6.03. The van der Waals surface area contributed by atoms with Gasteiger partial charge in [-0.15, -0.1) is 0 Å². The molecule has 30 heavy (non-hydrogen) atoms. The maximum Gasteiger partial charge on any atom is 0.0217 e. The molecule has 0 N–H and O–H groups in total. The van der Waals surface area contributed by atoms with Crippen molar-refractivity contribution >= 4 is 0 Å². The Balaban J connectivity index is 0.000000258. The van der Waals surface area contributed by atoms with Crippen LogP contribution in [0.2, 0.25) is 0 Å². The van der Waals surface area contributed by atoms with Crippen molar-refractivity contribution in [3.63, 3.8) is 0 Å². The zero-order chi connectivity index (χ0) is 23.3. The number of hydrogen-bond acceptors (Lipinski definition) is 2. The molecule has 2 aliphatic heterocycles. The summed E-state index contributed by atoms with van der Waals surface area (Å²) in [6.45, 7) is 27.0. The molecular weight excluding hydrogens is 364 g/mol. The molecule has 2 heterocycles. The second kappa shape index (κ2) is 11.7. The van der Waals surface area contributed by atoms with Crippen molar-refractivity contribution in [1.29, 1.82) is 0 Å². The summed E-state index contributed by atoms with van der Waals surface area (Å²) in [6, 6.07) is 3.22. The molecular formula is C28H58N2. The van der Waals surface area contributed by atoms with Crippen LogP contribution in [0, 0.1) is 11.8 Å². The van der Waals surface area contributed by atoms with Gasteiger partial charge in [-0.3, -0.25) is 9.80 Å². The standard InChI is InChI=1S/2C12H23N.2C2H6/c2*1-9(2)11-5-6-12(7-8-12)13(11)10(3)4;2*1-2/h2*9-11H,5-8H2,1-4H3;2*1-2H3. The fourth-order valence-electron chi connectivity index (χ4n) is 6.55. The lowest BCUT2D eigenvalue weighted by Crippen LogP contribution is -2.44. The van der Waals surface area contributed by atoms with Crippen LogP contribution in [0.15, 0.2) is 0 Å². The average Bonchev–Trinajstić information content (AvgIpc) is 3.55. The summed E-state index contributed by atoms with van der Waals surface area (Å²) in [7, 11) is 0. The Labute approximate surface area is 191 Å². The summed E-state index contributed by atoms with van der Waals surface area (Å²) in [5, 5.41) is 0. The van der Waals surface area contributed by atoms with E-state index in [-0.39, 0.29) is 0 Å². The Morgan fingerprint density at radius 3 is 0.933 bits per heavy atom. The van der Waals surface area contributed by atoms with Crippen LogP contribution in [0.5, 0.6) is 0 Å². The summed E-state index contributed by atoms with van der Waals surface area (Å²) in [6.07, 6.45) is 11.7. The van der Waals surface area contributed by atoms with Gasteiger partial charge in [0.25, 0.3) is 0 Å². The van der Waals surface area contributed by atoms with E-state index in [9.17, 15) is 0 Å². The van der Waals surface area contributed by atoms with Crippen LogP contribution in [0.25, 0.3) is 0 Å². The van der Waals surface area contributed by atoms with E-state index in [1.54, 1.807) is 0 Å². The lowest BCUT2D eigenvalue weighted by atomic mass is 10.0. The summed E-state index contributed by atoms with van der Waals surface area (Å²) >= 11 is 0. The lowest BCUT2D eigenvalue weighted by molar-refractivity contribution is 0.106. The molecule has 0 aromatic heterocycles. The van der Waals surface area contributed by atoms with Gasteiger partial charge >= 0.3 is 0 Å². The van der Waals surface area contributed by atoms with E-state index in [1.165, 1.54) is 51.4 Å². The molecule has 2 nitrogen and oxygen atoms in total. The predicted octanol–water partition coefficient (Wildman–Crippen LogP) is 8.15. The highest BCUT2D eigenvalue weighted by Gasteiger charge is 2.56. The fourth-order valence-corrected chi connectivity index (χ4v) is 6.55. The third-order valence-electron chi connectivity index (χ3n) is 7.93. The van der Waals surface area contributed by atoms with Crippen molar-refractivity contribution in [3.05, 3.63) is 0 Å². The van der Waals surface area contributed by atoms with Gasteiger partial charge in [-0.25, -0.2) is 0 Å². The van der Waals surface area contributed by atoms with Crippen LogP contribution < -0.4 is 0 Å². The zero-order valence-corrected chi connectivity index (χ0v) is 23.0. The smallest absolute Gasteiger partial charge is 0.0217 e. The van der Waals surface area contributed by atoms with Crippen LogP contribution in [0.3, 0.4) is 0 Å². The van der Waals surface area contributed by atoms with Crippen molar-refractivity contribution < 1.29 is 0 Å². The van der Waals surface area contributed by atoms with E-state index in [0.717, 1.165) is 36.0 Å². The van der Waals surface area contributed by atoms with E-state index < -0.39 is 0 Å². The van der Waals surface area contributed by atoms with Crippen LogP contribution in [0.1, 0.15) is 134 Å². The van der Waals surface area contributed by atoms with Crippen LogP contribution >= 0.6 is 0 Å². The normalized spacial score (nSPS) is 28.4. The molecule has 2 atom stereocenters. The maximum absolute atomic E-state index is 2.82. The molecule has 0 bridgehead atoms. The second-order valence-electron chi connectivity index (χ2n) is 11.2. The van der Waals surface area contributed by atoms with Gasteiger partial charge in [0.15, 0.2) is 0 Å². The van der Waals surface area contributed by atoms with E-state index in [1.807, 2.05) is 27.7 Å². The summed E-state index contributed by atoms with van der Waals surface area (Å²) < 4.78 is 0. The number of rotatable bonds is 4. The van der Waals surface area contributed by atoms with Gasteiger partial charge in [0.1, 0.15) is 0 Å². The minimum atomic E-state index is 0.670. The summed E-state index contributed by atoms with van der Waals surface area (Å²) in [4.78, 5) is 5.63. The Bertz CT molecular complexity index is 427. The summed E-state index contributed by atoms with van der Waals surface area (Å²) in [5.74, 6) is 1.67. The van der Waals surface area contributed by atoms with Crippen LogP contribution in [-0.4, -0.2) is 45.0 Å². The van der Waals surface area contributed by atoms with E-state index >= 15 is 0 Å². The second-order valence-corrected chi connectivity index (χ2v) is 11.2. The first-order valence-electron chi connectivity index (χ1n) is 13.7. The van der Waals surface area contributed by atoms with Gasteiger partial charge in [0.05, 0.1) is 0 Å². The first-order valence-corrected chi connectivity index (χ1v) is 13.7. The van der Waals surface area contributed by atoms with Crippen molar-refractivity contribution in [2.45, 2.75) is 170 Å². The predicted molar refractivity (Wildman–Crippen MR) is 136 cm³/mol. The van der Waals surface area contributed by atoms with Gasteiger partial charge in [0.2, 0.25) is 0 Å². The maximum atomic E-state index is 2.82. The molecule has 0 amide bonds. The average molecular weight is 423 g/mol. The third-order valence-corrected chi connectivity index (χ3v) is 7.93. The molecule has 0 radical (unpaired) electrons. The lowest BCUT2D eigenvalue weighted by Gasteiger charge is -2.36. The number of nitrogens with zero attached hydrogens (tertiary/aromatic N) is 2. The van der Waals surface area contributed by atoms with Gasteiger partial charge < -0.3 is 0 Å². The highest BCUT2D eigenvalue weighted by Crippen LogP contribution is 2.54. The van der Waals surface area contributed by atoms with Gasteiger partial charge in [-0.05, 0) is 90.9 Å². The molecule has 180 valence electrons. The Morgan fingerprint density at radius 2 is 0.767 bits per heavy atom. The Kier molecular flexibility index (Phi) is 10.9. The fraction of sp³-hybridized carbons (Fsp3) is 1.00. The molecule has 0 aromatic rings. The molecule has 2 saturated carbocycles. The van der Waals surface area contributed by atoms with Crippen molar-refractivity contribution in [2.24, 2.45) is 11.8 Å². The zero-order valence-electron chi connectivity index (χ0n) is 23.0. The monoisotopic (exact) mass is 422 g/mol. The van der Waals surface area contributed by atoms with Crippen molar-refractivity contribution in [1.82, 2.24) is 9.80 Å². The minimum absolute atomic E-state index is 0.670. The van der Waals surface area contributed by atoms with Gasteiger partial charge in [-0.2, -0.15) is 0 Å². The van der Waals surface area contributed by atoms with E-state index in [2.05, 4.69) is 65.2 Å². The van der Waals surface area contributed by atoms with Crippen molar-refractivity contribution in [3.8, 4) is 0 Å². The van der Waals surface area contributed by atoms with Gasteiger partial charge in [0, 0.05) is 35.2 Å². The highest BCUT2D eigenvalue weighted by molar-refractivity contribution is 5.12. The molecule has 4 fully saturated rings. The van der Waals surface area contributed by atoms with Gasteiger partial charge in [-0.1, -0.05) is 55.4 Å². The SMILES string of the molecule is CC.CC.CC(C)C1CCC2(CC2)N1C(C)C.CC(C)C1CCC2(CC2)N1C(C)C. The quantitative estimate of drug-likeness (QED) is 0.451. The Hall–Kier alpha value is -0.0800. The number of likely N-dealkylation sites (tertiary alicyclic amines) is 2.